The van der Waals surface area contributed by atoms with E-state index in [0.29, 0.717) is 0 Å². The van der Waals surface area contributed by atoms with Crippen molar-refractivity contribution in [1.29, 1.82) is 0 Å². The molecule has 0 fully saturated rings. The molecular formula is C16H36O2. The maximum Gasteiger partial charge on any atom is 0.0537 e. The molecule has 1 N–H and O–H groups in total. The third-order valence-electron chi connectivity index (χ3n) is 2.88. The van der Waals surface area contributed by atoms with E-state index < -0.39 is 0 Å². The van der Waals surface area contributed by atoms with E-state index in [1.54, 1.807) is 0 Å². The van der Waals surface area contributed by atoms with Crippen LogP contribution >= 0.6 is 0 Å². The second kappa shape index (κ2) is 19.3. The summed E-state index contributed by atoms with van der Waals surface area (Å²) in [5.74, 6) is 0. The van der Waals surface area contributed by atoms with E-state index in [-0.39, 0.29) is 6.10 Å². The molecular weight excluding hydrogens is 224 g/mol. The van der Waals surface area contributed by atoms with Crippen molar-refractivity contribution in [3.8, 4) is 0 Å². The number of ether oxygens (including phenoxy) is 1. The Morgan fingerprint density at radius 3 is 1.56 bits per heavy atom. The van der Waals surface area contributed by atoms with E-state index in [9.17, 15) is 0 Å². The van der Waals surface area contributed by atoms with Crippen LogP contribution in [0.5, 0.6) is 0 Å². The molecule has 0 bridgehead atoms. The largest absolute Gasteiger partial charge is 0.393 e. The number of unbranched alkanes of at least 4 members (excludes halogenated alkanes) is 4. The van der Waals surface area contributed by atoms with Crippen LogP contribution in [-0.2, 0) is 4.74 Å². The van der Waals surface area contributed by atoms with Crippen LogP contribution in [-0.4, -0.2) is 24.4 Å². The number of aliphatic hydroxyl groups excluding tert-OH is 1. The van der Waals surface area contributed by atoms with E-state index in [1.165, 1.54) is 38.5 Å². The van der Waals surface area contributed by atoms with Gasteiger partial charge in [-0.1, -0.05) is 59.8 Å². The number of aliphatic hydroxyl groups is 1. The minimum Gasteiger partial charge on any atom is -0.393 e. The molecule has 0 rings (SSSR count). The molecule has 0 saturated carbocycles. The van der Waals surface area contributed by atoms with Crippen molar-refractivity contribution in [2.75, 3.05) is 13.2 Å². The van der Waals surface area contributed by atoms with Gasteiger partial charge in [-0.3, -0.25) is 0 Å². The molecule has 2 nitrogen and oxygen atoms in total. The van der Waals surface area contributed by atoms with Gasteiger partial charge in [0.2, 0.25) is 0 Å². The van der Waals surface area contributed by atoms with Crippen molar-refractivity contribution in [2.24, 2.45) is 0 Å². The minimum absolute atomic E-state index is 0.0509. The van der Waals surface area contributed by atoms with Gasteiger partial charge in [0.1, 0.15) is 0 Å². The van der Waals surface area contributed by atoms with Crippen molar-refractivity contribution in [1.82, 2.24) is 0 Å². The van der Waals surface area contributed by atoms with Gasteiger partial charge in [-0.25, -0.2) is 0 Å². The number of rotatable bonds is 11. The quantitative estimate of drug-likeness (QED) is 0.533. The predicted octanol–water partition coefficient (Wildman–Crippen LogP) is 4.94. The highest BCUT2D eigenvalue weighted by Crippen LogP contribution is 1.98. The second-order valence-corrected chi connectivity index (χ2v) is 4.88. The van der Waals surface area contributed by atoms with Gasteiger partial charge in [0, 0.05) is 13.2 Å². The van der Waals surface area contributed by atoms with Gasteiger partial charge in [0.15, 0.2) is 0 Å². The lowest BCUT2D eigenvalue weighted by atomic mass is 10.2. The van der Waals surface area contributed by atoms with E-state index in [0.717, 1.165) is 32.5 Å². The van der Waals surface area contributed by atoms with Gasteiger partial charge >= 0.3 is 0 Å². The van der Waals surface area contributed by atoms with Crippen LogP contribution < -0.4 is 0 Å². The molecule has 0 aliphatic carbocycles. The smallest absolute Gasteiger partial charge is 0.0537 e. The lowest BCUT2D eigenvalue weighted by molar-refractivity contribution is 0.126. The maximum absolute atomic E-state index is 8.86. The van der Waals surface area contributed by atoms with E-state index >= 15 is 0 Å². The molecule has 0 aliphatic heterocycles. The Balaban J connectivity index is 0. The first-order chi connectivity index (χ1) is 8.72. The van der Waals surface area contributed by atoms with E-state index in [4.69, 9.17) is 9.84 Å². The van der Waals surface area contributed by atoms with Crippen LogP contribution in [0.4, 0.5) is 0 Å². The standard InChI is InChI=1S/C10H22O.C6H14O/c1-3-5-7-9-11-10-8-6-4-2;1-3-5-6(7)4-2/h3-10H2,1-2H3;6-7H,3-5H2,1-2H3. The summed E-state index contributed by atoms with van der Waals surface area (Å²) in [4.78, 5) is 0. The lowest BCUT2D eigenvalue weighted by Crippen LogP contribution is -2.01. The molecule has 2 heteroatoms. The van der Waals surface area contributed by atoms with Crippen molar-refractivity contribution in [2.45, 2.75) is 91.6 Å². The van der Waals surface area contributed by atoms with Crippen molar-refractivity contribution in [3.05, 3.63) is 0 Å². The molecule has 112 valence electrons. The summed E-state index contributed by atoms with van der Waals surface area (Å²) >= 11 is 0. The summed E-state index contributed by atoms with van der Waals surface area (Å²) in [6.45, 7) is 10.5. The number of hydrogen-bond acceptors (Lipinski definition) is 2. The molecule has 0 radical (unpaired) electrons. The normalized spacial score (nSPS) is 11.8. The molecule has 0 saturated heterocycles. The zero-order valence-corrected chi connectivity index (χ0v) is 13.2. The molecule has 0 aromatic rings. The van der Waals surface area contributed by atoms with Crippen LogP contribution in [0.1, 0.15) is 85.5 Å². The van der Waals surface area contributed by atoms with Crippen LogP contribution in [0.2, 0.25) is 0 Å². The van der Waals surface area contributed by atoms with Crippen molar-refractivity contribution < 1.29 is 9.84 Å². The fourth-order valence-corrected chi connectivity index (χ4v) is 1.55. The van der Waals surface area contributed by atoms with Gasteiger partial charge in [0.25, 0.3) is 0 Å². The first-order valence-electron chi connectivity index (χ1n) is 7.98. The second-order valence-electron chi connectivity index (χ2n) is 4.88. The van der Waals surface area contributed by atoms with E-state index in [1.807, 2.05) is 6.92 Å². The average molecular weight is 260 g/mol. The van der Waals surface area contributed by atoms with Crippen LogP contribution in [0.3, 0.4) is 0 Å². The van der Waals surface area contributed by atoms with Gasteiger partial charge < -0.3 is 9.84 Å². The van der Waals surface area contributed by atoms with Crippen molar-refractivity contribution >= 4 is 0 Å². The van der Waals surface area contributed by atoms with Crippen LogP contribution in [0, 0.1) is 0 Å². The Morgan fingerprint density at radius 2 is 1.28 bits per heavy atom. The lowest BCUT2D eigenvalue weighted by Gasteiger charge is -2.01. The van der Waals surface area contributed by atoms with Gasteiger partial charge in [0.05, 0.1) is 6.10 Å². The fraction of sp³-hybridized carbons (Fsp3) is 1.00. The molecule has 0 aromatic carbocycles. The Bertz CT molecular complexity index is 118. The van der Waals surface area contributed by atoms with Gasteiger partial charge in [-0.2, -0.15) is 0 Å². The predicted molar refractivity (Wildman–Crippen MR) is 81.1 cm³/mol. The summed E-state index contributed by atoms with van der Waals surface area (Å²) in [6, 6.07) is 0. The Labute approximate surface area is 115 Å². The SMILES string of the molecule is CCCC(O)CC.CCCCCOCCCCC. The first-order valence-corrected chi connectivity index (χ1v) is 7.98. The summed E-state index contributed by atoms with van der Waals surface area (Å²) in [5, 5.41) is 8.86. The van der Waals surface area contributed by atoms with E-state index in [2.05, 4.69) is 20.8 Å². The topological polar surface area (TPSA) is 29.5 Å². The highest BCUT2D eigenvalue weighted by atomic mass is 16.5. The zero-order chi connectivity index (χ0) is 14.1. The first kappa shape index (κ1) is 20.2. The molecule has 0 amide bonds. The van der Waals surface area contributed by atoms with Crippen LogP contribution in [0.25, 0.3) is 0 Å². The maximum atomic E-state index is 8.86. The zero-order valence-electron chi connectivity index (χ0n) is 13.2. The average Bonchev–Trinajstić information content (AvgIpc) is 2.39. The fourth-order valence-electron chi connectivity index (χ4n) is 1.55. The Hall–Kier alpha value is -0.0800. The molecule has 0 spiro atoms. The minimum atomic E-state index is -0.0509. The molecule has 1 atom stereocenters. The highest BCUT2D eigenvalue weighted by Gasteiger charge is 1.94. The number of hydrogen-bond donors (Lipinski definition) is 1. The molecule has 0 aliphatic rings. The molecule has 18 heavy (non-hydrogen) atoms. The molecule has 1 unspecified atom stereocenters. The third-order valence-corrected chi connectivity index (χ3v) is 2.88. The molecule has 0 aromatic heterocycles. The summed E-state index contributed by atoms with van der Waals surface area (Å²) < 4.78 is 5.44. The monoisotopic (exact) mass is 260 g/mol. The van der Waals surface area contributed by atoms with Gasteiger partial charge in [-0.05, 0) is 25.7 Å². The summed E-state index contributed by atoms with van der Waals surface area (Å²) in [6.07, 6.45) is 10.6. The van der Waals surface area contributed by atoms with Crippen LogP contribution in [0.15, 0.2) is 0 Å². The summed E-state index contributed by atoms with van der Waals surface area (Å²) in [7, 11) is 0. The highest BCUT2D eigenvalue weighted by molar-refractivity contribution is 4.47. The molecule has 0 heterocycles. The Kier molecular flexibility index (Phi) is 21.7. The van der Waals surface area contributed by atoms with Gasteiger partial charge in [-0.15, -0.1) is 0 Å². The summed E-state index contributed by atoms with van der Waals surface area (Å²) in [5.41, 5.74) is 0. The van der Waals surface area contributed by atoms with Crippen molar-refractivity contribution in [3.63, 3.8) is 0 Å². The Morgan fingerprint density at radius 1 is 0.778 bits per heavy atom. The third kappa shape index (κ3) is 21.2.